The van der Waals surface area contributed by atoms with Gasteiger partial charge in [-0.3, -0.25) is 9.78 Å². The molecule has 7 heteroatoms. The zero-order chi connectivity index (χ0) is 15.5. The second-order valence-corrected chi connectivity index (χ2v) is 4.20. The van der Waals surface area contributed by atoms with Gasteiger partial charge in [0.15, 0.2) is 0 Å². The van der Waals surface area contributed by atoms with Gasteiger partial charge in [0.05, 0.1) is 5.56 Å². The van der Waals surface area contributed by atoms with Crippen LogP contribution in [-0.2, 0) is 12.7 Å². The van der Waals surface area contributed by atoms with Crippen molar-refractivity contribution in [2.75, 3.05) is 0 Å². The predicted octanol–water partition coefficient (Wildman–Crippen LogP) is 3.17. The first kappa shape index (κ1) is 15.0. The van der Waals surface area contributed by atoms with Crippen LogP contribution < -0.4 is 5.32 Å². The van der Waals surface area contributed by atoms with Crippen LogP contribution in [0.1, 0.15) is 21.6 Å². The molecular weight excluding hydrogens is 288 g/mol. The molecular formula is C14H10F4N2O. The molecule has 0 aliphatic rings. The number of hydrogen-bond acceptors (Lipinski definition) is 2. The first-order valence-electron chi connectivity index (χ1n) is 5.93. The van der Waals surface area contributed by atoms with E-state index in [1.807, 2.05) is 0 Å². The fourth-order valence-electron chi connectivity index (χ4n) is 1.62. The summed E-state index contributed by atoms with van der Waals surface area (Å²) in [5.74, 6) is -1.09. The monoisotopic (exact) mass is 298 g/mol. The highest BCUT2D eigenvalue weighted by Gasteiger charge is 2.32. The summed E-state index contributed by atoms with van der Waals surface area (Å²) in [6.45, 7) is -0.0630. The van der Waals surface area contributed by atoms with Crippen LogP contribution in [-0.4, -0.2) is 10.9 Å². The van der Waals surface area contributed by atoms with Crippen molar-refractivity contribution in [1.29, 1.82) is 0 Å². The molecule has 0 fully saturated rings. The lowest BCUT2D eigenvalue weighted by atomic mass is 10.2. The van der Waals surface area contributed by atoms with Gasteiger partial charge in [0, 0.05) is 18.3 Å². The summed E-state index contributed by atoms with van der Waals surface area (Å²) in [4.78, 5) is 14.9. The Hall–Kier alpha value is -2.44. The van der Waals surface area contributed by atoms with E-state index in [1.54, 1.807) is 6.07 Å². The fraction of sp³-hybridized carbons (Fsp3) is 0.143. The van der Waals surface area contributed by atoms with E-state index in [0.717, 1.165) is 18.3 Å². The quantitative estimate of drug-likeness (QED) is 0.884. The summed E-state index contributed by atoms with van der Waals surface area (Å²) in [5.41, 5.74) is -0.821. The molecule has 1 aromatic carbocycles. The van der Waals surface area contributed by atoms with Crippen molar-refractivity contribution in [3.8, 4) is 0 Å². The molecule has 0 aliphatic heterocycles. The summed E-state index contributed by atoms with van der Waals surface area (Å²) in [7, 11) is 0. The van der Waals surface area contributed by atoms with E-state index in [-0.39, 0.29) is 17.7 Å². The van der Waals surface area contributed by atoms with Crippen LogP contribution in [0.2, 0.25) is 0 Å². The summed E-state index contributed by atoms with van der Waals surface area (Å²) < 4.78 is 50.3. The Morgan fingerprint density at radius 1 is 1.14 bits per heavy atom. The van der Waals surface area contributed by atoms with Crippen LogP contribution in [0.25, 0.3) is 0 Å². The van der Waals surface area contributed by atoms with Gasteiger partial charge in [-0.15, -0.1) is 0 Å². The molecule has 0 unspecified atom stereocenters. The van der Waals surface area contributed by atoms with E-state index in [0.29, 0.717) is 0 Å². The van der Waals surface area contributed by atoms with Crippen LogP contribution in [0.15, 0.2) is 42.6 Å². The van der Waals surface area contributed by atoms with Crippen molar-refractivity contribution in [2.24, 2.45) is 0 Å². The number of amides is 1. The highest BCUT2D eigenvalue weighted by Crippen LogP contribution is 2.27. The molecule has 110 valence electrons. The van der Waals surface area contributed by atoms with Gasteiger partial charge in [-0.25, -0.2) is 4.39 Å². The number of carbonyl (C=O) groups is 1. The van der Waals surface area contributed by atoms with Crippen LogP contribution in [0.3, 0.4) is 0 Å². The lowest BCUT2D eigenvalue weighted by Crippen LogP contribution is -2.23. The summed E-state index contributed by atoms with van der Waals surface area (Å²) in [5, 5.41) is 2.41. The van der Waals surface area contributed by atoms with Gasteiger partial charge < -0.3 is 5.32 Å². The molecule has 1 heterocycles. The van der Waals surface area contributed by atoms with Crippen LogP contribution in [0.4, 0.5) is 17.6 Å². The van der Waals surface area contributed by atoms with E-state index in [2.05, 4.69) is 10.3 Å². The summed E-state index contributed by atoms with van der Waals surface area (Å²) >= 11 is 0. The first-order valence-corrected chi connectivity index (χ1v) is 5.93. The highest BCUT2D eigenvalue weighted by molar-refractivity contribution is 5.93. The number of halogens is 4. The number of nitrogens with one attached hydrogen (secondary N) is 1. The molecule has 0 atom stereocenters. The number of hydrogen-bond donors (Lipinski definition) is 1. The molecule has 0 aliphatic carbocycles. The maximum Gasteiger partial charge on any atom is 0.433 e. The third-order valence-corrected chi connectivity index (χ3v) is 2.71. The molecule has 2 aromatic rings. The molecule has 0 bridgehead atoms. The van der Waals surface area contributed by atoms with Crippen molar-refractivity contribution in [3.63, 3.8) is 0 Å². The van der Waals surface area contributed by atoms with E-state index in [4.69, 9.17) is 0 Å². The Morgan fingerprint density at radius 2 is 1.86 bits per heavy atom. The molecule has 1 N–H and O–H groups in total. The summed E-state index contributed by atoms with van der Waals surface area (Å²) in [6, 6.07) is 7.62. The lowest BCUT2D eigenvalue weighted by Gasteiger charge is -2.08. The number of aromatic nitrogens is 1. The molecule has 1 aromatic heterocycles. The minimum absolute atomic E-state index is 0.0284. The highest BCUT2D eigenvalue weighted by atomic mass is 19.4. The Labute approximate surface area is 117 Å². The maximum absolute atomic E-state index is 13.3. The van der Waals surface area contributed by atoms with Crippen LogP contribution in [0, 0.1) is 5.82 Å². The van der Waals surface area contributed by atoms with Crippen LogP contribution in [0.5, 0.6) is 0 Å². The van der Waals surface area contributed by atoms with Crippen molar-refractivity contribution < 1.29 is 22.4 Å². The van der Waals surface area contributed by atoms with Gasteiger partial charge in [-0.2, -0.15) is 13.2 Å². The number of carbonyl (C=O) groups excluding carboxylic acids is 1. The minimum atomic E-state index is -4.55. The van der Waals surface area contributed by atoms with E-state index in [1.165, 1.54) is 18.2 Å². The van der Waals surface area contributed by atoms with Gasteiger partial charge >= 0.3 is 6.18 Å². The van der Waals surface area contributed by atoms with Crippen molar-refractivity contribution in [1.82, 2.24) is 10.3 Å². The molecule has 0 radical (unpaired) electrons. The minimum Gasteiger partial charge on any atom is -0.348 e. The zero-order valence-electron chi connectivity index (χ0n) is 10.6. The van der Waals surface area contributed by atoms with Gasteiger partial charge in [-0.05, 0) is 18.2 Å². The van der Waals surface area contributed by atoms with E-state index < -0.39 is 23.6 Å². The van der Waals surface area contributed by atoms with Crippen LogP contribution >= 0.6 is 0 Å². The Balaban J connectivity index is 2.03. The normalized spacial score (nSPS) is 11.2. The largest absolute Gasteiger partial charge is 0.433 e. The van der Waals surface area contributed by atoms with E-state index in [9.17, 15) is 22.4 Å². The number of pyridine rings is 1. The van der Waals surface area contributed by atoms with Crippen molar-refractivity contribution in [3.05, 3.63) is 65.2 Å². The predicted molar refractivity (Wildman–Crippen MR) is 66.8 cm³/mol. The molecule has 0 saturated carbocycles. The van der Waals surface area contributed by atoms with Gasteiger partial charge in [-0.1, -0.05) is 18.2 Å². The SMILES string of the molecule is O=C(NCc1ccccc1F)c1ccc(C(F)(F)F)nc1. The molecule has 21 heavy (non-hydrogen) atoms. The fourth-order valence-corrected chi connectivity index (χ4v) is 1.62. The third-order valence-electron chi connectivity index (χ3n) is 2.71. The molecule has 2 rings (SSSR count). The Kier molecular flexibility index (Phi) is 4.21. The standard InChI is InChI=1S/C14H10F4N2O/c15-11-4-2-1-3-9(11)7-20-13(21)10-5-6-12(19-8-10)14(16,17)18/h1-6,8H,7H2,(H,20,21). The smallest absolute Gasteiger partial charge is 0.348 e. The van der Waals surface area contributed by atoms with Crippen molar-refractivity contribution >= 4 is 5.91 Å². The first-order chi connectivity index (χ1) is 9.88. The van der Waals surface area contributed by atoms with Crippen molar-refractivity contribution in [2.45, 2.75) is 12.7 Å². The Morgan fingerprint density at radius 3 is 2.43 bits per heavy atom. The molecule has 0 saturated heterocycles. The lowest BCUT2D eigenvalue weighted by molar-refractivity contribution is -0.141. The number of rotatable bonds is 3. The second-order valence-electron chi connectivity index (χ2n) is 4.20. The number of alkyl halides is 3. The zero-order valence-corrected chi connectivity index (χ0v) is 10.6. The number of nitrogens with zero attached hydrogens (tertiary/aromatic N) is 1. The number of benzene rings is 1. The van der Waals surface area contributed by atoms with E-state index >= 15 is 0 Å². The van der Waals surface area contributed by atoms with Gasteiger partial charge in [0.1, 0.15) is 11.5 Å². The average Bonchev–Trinajstić information content (AvgIpc) is 2.45. The average molecular weight is 298 g/mol. The molecule has 0 spiro atoms. The maximum atomic E-state index is 13.3. The third kappa shape index (κ3) is 3.77. The van der Waals surface area contributed by atoms with Gasteiger partial charge in [0.25, 0.3) is 5.91 Å². The topological polar surface area (TPSA) is 42.0 Å². The second kappa shape index (κ2) is 5.90. The van der Waals surface area contributed by atoms with Gasteiger partial charge in [0.2, 0.25) is 0 Å². The molecule has 3 nitrogen and oxygen atoms in total. The molecule has 1 amide bonds. The Bertz CT molecular complexity index is 638. The summed E-state index contributed by atoms with van der Waals surface area (Å²) in [6.07, 6.45) is -3.72.